The zero-order valence-corrected chi connectivity index (χ0v) is 16.1. The number of benzene rings is 1. The van der Waals surface area contributed by atoms with Crippen LogP contribution in [0.25, 0.3) is 0 Å². The van der Waals surface area contributed by atoms with E-state index in [9.17, 15) is 4.79 Å². The van der Waals surface area contributed by atoms with Crippen molar-refractivity contribution in [3.8, 4) is 0 Å². The highest BCUT2D eigenvalue weighted by molar-refractivity contribution is 5.92. The first-order valence-electron chi connectivity index (χ1n) is 9.50. The number of hydrogen-bond acceptors (Lipinski definition) is 4. The fraction of sp³-hybridized carbons (Fsp3) is 0.476. The molecule has 1 fully saturated rings. The second-order valence-electron chi connectivity index (χ2n) is 7.55. The zero-order chi connectivity index (χ0) is 18.7. The van der Waals surface area contributed by atoms with Crippen molar-refractivity contribution in [1.82, 2.24) is 15.1 Å². The van der Waals surface area contributed by atoms with Crippen molar-refractivity contribution in [2.45, 2.75) is 52.4 Å². The van der Waals surface area contributed by atoms with Crippen LogP contribution in [0.4, 0.5) is 11.5 Å². The predicted molar refractivity (Wildman–Crippen MR) is 105 cm³/mol. The van der Waals surface area contributed by atoms with Crippen LogP contribution in [0, 0.1) is 0 Å². The third-order valence-corrected chi connectivity index (χ3v) is 4.90. The number of carbonyl (C=O) groups is 1. The average molecular weight is 352 g/mol. The van der Waals surface area contributed by atoms with Gasteiger partial charge in [0, 0.05) is 18.8 Å². The molecule has 1 N–H and O–H groups in total. The van der Waals surface area contributed by atoms with Crippen molar-refractivity contribution < 1.29 is 4.79 Å². The van der Waals surface area contributed by atoms with E-state index >= 15 is 0 Å². The van der Waals surface area contributed by atoms with Crippen LogP contribution >= 0.6 is 0 Å². The molecule has 0 unspecified atom stereocenters. The molecule has 1 aromatic carbocycles. The number of amides is 1. The van der Waals surface area contributed by atoms with E-state index in [1.807, 2.05) is 11.0 Å². The molecule has 1 aromatic heterocycles. The van der Waals surface area contributed by atoms with Crippen LogP contribution in [-0.2, 0) is 0 Å². The fourth-order valence-corrected chi connectivity index (χ4v) is 3.42. The largest absolute Gasteiger partial charge is 0.338 e. The lowest BCUT2D eigenvalue weighted by molar-refractivity contribution is 0.0786. The van der Waals surface area contributed by atoms with Crippen LogP contribution in [0.5, 0.6) is 0 Å². The van der Waals surface area contributed by atoms with E-state index < -0.39 is 0 Å². The van der Waals surface area contributed by atoms with Crippen LogP contribution in [-0.4, -0.2) is 34.1 Å². The molecule has 1 amide bonds. The van der Waals surface area contributed by atoms with Crippen LogP contribution in [0.15, 0.2) is 30.3 Å². The summed E-state index contributed by atoms with van der Waals surface area (Å²) >= 11 is 0. The fourth-order valence-electron chi connectivity index (χ4n) is 3.42. The normalized spacial score (nSPS) is 14.3. The summed E-state index contributed by atoms with van der Waals surface area (Å²) < 4.78 is 0. The molecular formula is C21H28N4O. The molecule has 1 aliphatic rings. The predicted octanol–water partition coefficient (Wildman–Crippen LogP) is 4.70. The molecule has 26 heavy (non-hydrogen) atoms. The Morgan fingerprint density at radius 2 is 1.58 bits per heavy atom. The molecule has 0 aliphatic carbocycles. The molecule has 5 nitrogen and oxygen atoms in total. The van der Waals surface area contributed by atoms with Gasteiger partial charge >= 0.3 is 0 Å². The lowest BCUT2D eigenvalue weighted by Crippen LogP contribution is -2.28. The van der Waals surface area contributed by atoms with Gasteiger partial charge in [-0.15, -0.1) is 10.2 Å². The van der Waals surface area contributed by atoms with Crippen molar-refractivity contribution in [1.29, 1.82) is 0 Å². The van der Waals surface area contributed by atoms with Crippen molar-refractivity contribution in [2.24, 2.45) is 0 Å². The Morgan fingerprint density at radius 1 is 0.962 bits per heavy atom. The van der Waals surface area contributed by atoms with Crippen LogP contribution in [0.2, 0.25) is 0 Å². The van der Waals surface area contributed by atoms with Gasteiger partial charge in [0.05, 0.1) is 0 Å². The van der Waals surface area contributed by atoms with Crippen molar-refractivity contribution in [2.75, 3.05) is 18.4 Å². The molecular weight excluding hydrogens is 324 g/mol. The highest BCUT2D eigenvalue weighted by Gasteiger charge is 2.21. The number of rotatable bonds is 5. The summed E-state index contributed by atoms with van der Waals surface area (Å²) in [7, 11) is 0. The Hall–Kier alpha value is -2.43. The number of hydrogen-bond donors (Lipinski definition) is 1. The molecule has 1 aliphatic heterocycles. The minimum Gasteiger partial charge on any atom is -0.338 e. The van der Waals surface area contributed by atoms with E-state index in [1.165, 1.54) is 11.1 Å². The van der Waals surface area contributed by atoms with E-state index in [1.54, 1.807) is 6.07 Å². The zero-order valence-electron chi connectivity index (χ0n) is 16.1. The second kappa shape index (κ2) is 7.85. The number of carbonyl (C=O) groups excluding carboxylic acids is 1. The van der Waals surface area contributed by atoms with Crippen LogP contribution in [0.1, 0.15) is 74.0 Å². The molecule has 3 rings (SSSR count). The molecule has 0 atom stereocenters. The maximum atomic E-state index is 12.4. The lowest BCUT2D eigenvalue weighted by atomic mass is 9.92. The summed E-state index contributed by atoms with van der Waals surface area (Å²) in [6.07, 6.45) is 2.14. The molecule has 0 spiro atoms. The third kappa shape index (κ3) is 3.87. The summed E-state index contributed by atoms with van der Waals surface area (Å²) in [5.41, 5.74) is 4.04. The molecule has 1 saturated heterocycles. The molecule has 0 saturated carbocycles. The third-order valence-electron chi connectivity index (χ3n) is 4.90. The van der Waals surface area contributed by atoms with Gasteiger partial charge in [-0.2, -0.15) is 0 Å². The number of nitrogens with zero attached hydrogens (tertiary/aromatic N) is 3. The smallest absolute Gasteiger partial charge is 0.274 e. The molecule has 138 valence electrons. The molecule has 0 bridgehead atoms. The van der Waals surface area contributed by atoms with Gasteiger partial charge in [-0.3, -0.25) is 4.79 Å². The molecule has 5 heteroatoms. The maximum Gasteiger partial charge on any atom is 0.274 e. The van der Waals surface area contributed by atoms with Gasteiger partial charge in [0.2, 0.25) is 0 Å². The number of likely N-dealkylation sites (tertiary alicyclic amines) is 1. The van der Waals surface area contributed by atoms with Gasteiger partial charge in [-0.1, -0.05) is 45.9 Å². The quantitative estimate of drug-likeness (QED) is 0.847. The summed E-state index contributed by atoms with van der Waals surface area (Å²) in [6, 6.07) is 10.0. The van der Waals surface area contributed by atoms with Crippen molar-refractivity contribution in [3.63, 3.8) is 0 Å². The van der Waals surface area contributed by atoms with E-state index in [0.29, 0.717) is 23.3 Å². The lowest BCUT2D eigenvalue weighted by Gasteiger charge is -2.20. The van der Waals surface area contributed by atoms with Crippen molar-refractivity contribution >= 4 is 17.4 Å². The van der Waals surface area contributed by atoms with Gasteiger partial charge < -0.3 is 10.2 Å². The summed E-state index contributed by atoms with van der Waals surface area (Å²) in [5.74, 6) is 1.45. The molecule has 0 radical (unpaired) electrons. The van der Waals surface area contributed by atoms with Crippen LogP contribution in [0.3, 0.4) is 0 Å². The van der Waals surface area contributed by atoms with Crippen LogP contribution < -0.4 is 5.32 Å². The molecule has 2 heterocycles. The number of aromatic nitrogens is 2. The maximum absolute atomic E-state index is 12.4. The minimum absolute atomic E-state index is 0.0213. The number of para-hydroxylation sites is 1. The van der Waals surface area contributed by atoms with Gasteiger partial charge in [0.25, 0.3) is 5.91 Å². The first-order valence-corrected chi connectivity index (χ1v) is 9.50. The monoisotopic (exact) mass is 352 g/mol. The number of nitrogens with one attached hydrogen (secondary N) is 1. The Kier molecular flexibility index (Phi) is 5.55. The molecule has 2 aromatic rings. The van der Waals surface area contributed by atoms with E-state index in [2.05, 4.69) is 61.4 Å². The van der Waals surface area contributed by atoms with Gasteiger partial charge in [0.15, 0.2) is 11.5 Å². The van der Waals surface area contributed by atoms with E-state index in [0.717, 1.165) is 31.6 Å². The minimum atomic E-state index is -0.0213. The Bertz CT molecular complexity index is 736. The SMILES string of the molecule is CC(C)c1cccc(C(C)C)c1Nc1ccc(C(=O)N2CCCC2)nn1. The van der Waals surface area contributed by atoms with Gasteiger partial charge in [-0.05, 0) is 47.9 Å². The van der Waals surface area contributed by atoms with Crippen molar-refractivity contribution in [3.05, 3.63) is 47.2 Å². The summed E-state index contributed by atoms with van der Waals surface area (Å²) in [5, 5.41) is 11.9. The standard InChI is InChI=1S/C21H28N4O/c1-14(2)16-8-7-9-17(15(3)4)20(16)22-19-11-10-18(23-24-19)21(26)25-12-5-6-13-25/h7-11,14-15H,5-6,12-13H2,1-4H3,(H,22,24). The Morgan fingerprint density at radius 3 is 2.08 bits per heavy atom. The topological polar surface area (TPSA) is 58.1 Å². The number of anilines is 2. The summed E-state index contributed by atoms with van der Waals surface area (Å²) in [4.78, 5) is 14.3. The Labute approximate surface area is 155 Å². The highest BCUT2D eigenvalue weighted by atomic mass is 16.2. The average Bonchev–Trinajstić information content (AvgIpc) is 3.16. The first kappa shape index (κ1) is 18.4. The highest BCUT2D eigenvalue weighted by Crippen LogP contribution is 2.34. The summed E-state index contributed by atoms with van der Waals surface area (Å²) in [6.45, 7) is 10.4. The Balaban J connectivity index is 1.84. The second-order valence-corrected chi connectivity index (χ2v) is 7.55. The van der Waals surface area contributed by atoms with E-state index in [4.69, 9.17) is 0 Å². The first-order chi connectivity index (χ1) is 12.5. The van der Waals surface area contributed by atoms with E-state index in [-0.39, 0.29) is 5.91 Å². The van der Waals surface area contributed by atoms with Gasteiger partial charge in [-0.25, -0.2) is 0 Å². The van der Waals surface area contributed by atoms with Gasteiger partial charge in [0.1, 0.15) is 0 Å².